The summed E-state index contributed by atoms with van der Waals surface area (Å²) in [5.74, 6) is 2.12. The molecule has 2 N–H and O–H groups in total. The maximum atomic E-state index is 13.2. The van der Waals surface area contributed by atoms with E-state index in [0.717, 1.165) is 59.6 Å². The molecule has 5 nitrogen and oxygen atoms in total. The number of hydrogen-bond donors (Lipinski definition) is 2. The number of ether oxygens (including phenoxy) is 2. The highest BCUT2D eigenvalue weighted by atomic mass is 16.7. The van der Waals surface area contributed by atoms with Crippen LogP contribution in [-0.4, -0.2) is 12.8 Å². The lowest BCUT2D eigenvalue weighted by atomic mass is 9.92. The second-order valence-electron chi connectivity index (χ2n) is 8.85. The average Bonchev–Trinajstić information content (AvgIpc) is 3.22. The molecule has 2 amide bonds. The fourth-order valence-corrected chi connectivity index (χ4v) is 4.13. The standard InChI is InChI=1S/C26H36N2O3/c1-6-7-8-14-22(21-13-10-15-23-25(21)31-16-30-23)27-26(29)28-24-19(17(2)3)11-9-12-20(24)18(4)5/h9-13,15,17-18,22H,6-8,14,16H2,1-5H3,(H2,27,28,29). The molecule has 0 saturated carbocycles. The Kier molecular flexibility index (Phi) is 7.83. The third-order valence-corrected chi connectivity index (χ3v) is 5.82. The van der Waals surface area contributed by atoms with Crippen molar-refractivity contribution in [2.75, 3.05) is 12.1 Å². The highest BCUT2D eigenvalue weighted by Crippen LogP contribution is 2.40. The van der Waals surface area contributed by atoms with Crippen LogP contribution >= 0.6 is 0 Å². The van der Waals surface area contributed by atoms with Crippen LogP contribution in [0.2, 0.25) is 0 Å². The molecule has 5 heteroatoms. The molecule has 3 rings (SSSR count). The van der Waals surface area contributed by atoms with Crippen LogP contribution in [0.4, 0.5) is 10.5 Å². The molecule has 0 saturated heterocycles. The molecule has 0 fully saturated rings. The summed E-state index contributed by atoms with van der Waals surface area (Å²) in [6, 6.07) is 11.8. The summed E-state index contributed by atoms with van der Waals surface area (Å²) in [7, 11) is 0. The maximum absolute atomic E-state index is 13.2. The fraction of sp³-hybridized carbons (Fsp3) is 0.500. The molecule has 31 heavy (non-hydrogen) atoms. The van der Waals surface area contributed by atoms with Crippen LogP contribution in [0.15, 0.2) is 36.4 Å². The number of carbonyl (C=O) groups excluding carboxylic acids is 1. The number of para-hydroxylation sites is 2. The van der Waals surface area contributed by atoms with Gasteiger partial charge in [-0.1, -0.05) is 84.2 Å². The summed E-state index contributed by atoms with van der Waals surface area (Å²) in [5.41, 5.74) is 4.21. The van der Waals surface area contributed by atoms with Crippen LogP contribution in [0.3, 0.4) is 0 Å². The van der Waals surface area contributed by atoms with Gasteiger partial charge in [0.15, 0.2) is 11.5 Å². The molecule has 0 aromatic heterocycles. The van der Waals surface area contributed by atoms with E-state index in [4.69, 9.17) is 9.47 Å². The number of unbranched alkanes of at least 4 members (excludes halogenated alkanes) is 2. The van der Waals surface area contributed by atoms with Crippen molar-refractivity contribution >= 4 is 11.7 Å². The lowest BCUT2D eigenvalue weighted by Gasteiger charge is -2.24. The zero-order valence-electron chi connectivity index (χ0n) is 19.5. The number of rotatable bonds is 9. The number of carbonyl (C=O) groups is 1. The second-order valence-corrected chi connectivity index (χ2v) is 8.85. The fourth-order valence-electron chi connectivity index (χ4n) is 4.13. The molecule has 1 atom stereocenters. The SMILES string of the molecule is CCCCCC(NC(=O)Nc1c(C(C)C)cccc1C(C)C)c1cccc2c1OCO2. The number of urea groups is 1. The van der Waals surface area contributed by atoms with Gasteiger partial charge in [-0.3, -0.25) is 0 Å². The Balaban J connectivity index is 1.85. The van der Waals surface area contributed by atoms with Crippen LogP contribution in [0.25, 0.3) is 0 Å². The van der Waals surface area contributed by atoms with E-state index in [-0.39, 0.29) is 18.9 Å². The van der Waals surface area contributed by atoms with Crippen molar-refractivity contribution in [2.24, 2.45) is 0 Å². The highest BCUT2D eigenvalue weighted by Gasteiger charge is 2.25. The monoisotopic (exact) mass is 424 g/mol. The molecular weight excluding hydrogens is 388 g/mol. The van der Waals surface area contributed by atoms with Crippen molar-refractivity contribution in [1.82, 2.24) is 5.32 Å². The molecule has 0 spiro atoms. The zero-order chi connectivity index (χ0) is 22.4. The normalized spacial score (nSPS) is 13.5. The number of anilines is 1. The Labute approximate surface area is 186 Å². The lowest BCUT2D eigenvalue weighted by Crippen LogP contribution is -2.33. The molecule has 168 valence electrons. The Morgan fingerprint density at radius 1 is 0.935 bits per heavy atom. The Hall–Kier alpha value is -2.69. The third kappa shape index (κ3) is 5.52. The van der Waals surface area contributed by atoms with E-state index in [9.17, 15) is 4.79 Å². The Morgan fingerprint density at radius 2 is 1.58 bits per heavy atom. The highest BCUT2D eigenvalue weighted by molar-refractivity contribution is 5.91. The van der Waals surface area contributed by atoms with Crippen molar-refractivity contribution < 1.29 is 14.3 Å². The molecular formula is C26H36N2O3. The minimum Gasteiger partial charge on any atom is -0.454 e. The van der Waals surface area contributed by atoms with E-state index in [1.807, 2.05) is 18.2 Å². The first-order valence-corrected chi connectivity index (χ1v) is 11.5. The van der Waals surface area contributed by atoms with Gasteiger partial charge in [-0.2, -0.15) is 0 Å². The van der Waals surface area contributed by atoms with Gasteiger partial charge in [-0.25, -0.2) is 4.79 Å². The van der Waals surface area contributed by atoms with Gasteiger partial charge in [-0.15, -0.1) is 0 Å². The first-order valence-electron chi connectivity index (χ1n) is 11.5. The first-order chi connectivity index (χ1) is 14.9. The van der Waals surface area contributed by atoms with Crippen LogP contribution in [0, 0.1) is 0 Å². The molecule has 0 bridgehead atoms. The van der Waals surface area contributed by atoms with Crippen molar-refractivity contribution in [3.8, 4) is 11.5 Å². The molecule has 0 aliphatic carbocycles. The summed E-state index contributed by atoms with van der Waals surface area (Å²) in [6.07, 6.45) is 4.14. The molecule has 1 unspecified atom stereocenters. The summed E-state index contributed by atoms with van der Waals surface area (Å²) in [6.45, 7) is 11.0. The van der Waals surface area contributed by atoms with Gasteiger partial charge in [0.05, 0.1) is 6.04 Å². The van der Waals surface area contributed by atoms with Gasteiger partial charge in [-0.05, 0) is 35.4 Å². The maximum Gasteiger partial charge on any atom is 0.319 e. The quantitative estimate of drug-likeness (QED) is 0.422. The van der Waals surface area contributed by atoms with E-state index in [0.29, 0.717) is 11.8 Å². The summed E-state index contributed by atoms with van der Waals surface area (Å²) < 4.78 is 11.3. The minimum atomic E-state index is -0.187. The number of benzene rings is 2. The van der Waals surface area contributed by atoms with E-state index in [1.54, 1.807) is 0 Å². The molecule has 2 aromatic carbocycles. The van der Waals surface area contributed by atoms with Crippen molar-refractivity contribution in [2.45, 2.75) is 78.2 Å². The van der Waals surface area contributed by atoms with Gasteiger partial charge in [0, 0.05) is 11.3 Å². The Bertz CT molecular complexity index is 866. The molecule has 0 radical (unpaired) electrons. The number of nitrogens with one attached hydrogen (secondary N) is 2. The van der Waals surface area contributed by atoms with Crippen LogP contribution < -0.4 is 20.1 Å². The first kappa shape index (κ1) is 23.0. The predicted octanol–water partition coefficient (Wildman–Crippen LogP) is 7.11. The van der Waals surface area contributed by atoms with Gasteiger partial charge < -0.3 is 20.1 Å². The number of hydrogen-bond acceptors (Lipinski definition) is 3. The summed E-state index contributed by atoms with van der Waals surface area (Å²) >= 11 is 0. The second kappa shape index (κ2) is 10.6. The van der Waals surface area contributed by atoms with E-state index < -0.39 is 0 Å². The van der Waals surface area contributed by atoms with Crippen LogP contribution in [0.5, 0.6) is 11.5 Å². The molecule has 1 aliphatic rings. The van der Waals surface area contributed by atoms with Gasteiger partial charge in [0.2, 0.25) is 6.79 Å². The zero-order valence-corrected chi connectivity index (χ0v) is 19.5. The predicted molar refractivity (Wildman–Crippen MR) is 126 cm³/mol. The minimum absolute atomic E-state index is 0.142. The van der Waals surface area contributed by atoms with Crippen LogP contribution in [-0.2, 0) is 0 Å². The van der Waals surface area contributed by atoms with Crippen molar-refractivity contribution in [1.29, 1.82) is 0 Å². The van der Waals surface area contributed by atoms with Gasteiger partial charge in [0.25, 0.3) is 0 Å². The lowest BCUT2D eigenvalue weighted by molar-refractivity contribution is 0.172. The smallest absolute Gasteiger partial charge is 0.319 e. The summed E-state index contributed by atoms with van der Waals surface area (Å²) in [4.78, 5) is 13.2. The summed E-state index contributed by atoms with van der Waals surface area (Å²) in [5, 5.41) is 6.40. The van der Waals surface area contributed by atoms with E-state index in [2.05, 4.69) is 63.5 Å². The van der Waals surface area contributed by atoms with Gasteiger partial charge in [0.1, 0.15) is 0 Å². The molecule has 1 heterocycles. The van der Waals surface area contributed by atoms with Crippen LogP contribution in [0.1, 0.15) is 94.9 Å². The largest absolute Gasteiger partial charge is 0.454 e. The number of fused-ring (bicyclic) bond motifs is 1. The van der Waals surface area contributed by atoms with Crippen molar-refractivity contribution in [3.63, 3.8) is 0 Å². The average molecular weight is 425 g/mol. The molecule has 2 aromatic rings. The van der Waals surface area contributed by atoms with Crippen molar-refractivity contribution in [3.05, 3.63) is 53.1 Å². The number of amides is 2. The van der Waals surface area contributed by atoms with Gasteiger partial charge >= 0.3 is 6.03 Å². The Morgan fingerprint density at radius 3 is 2.23 bits per heavy atom. The topological polar surface area (TPSA) is 59.6 Å². The van der Waals surface area contributed by atoms with E-state index in [1.165, 1.54) is 0 Å². The third-order valence-electron chi connectivity index (χ3n) is 5.82. The van der Waals surface area contributed by atoms with E-state index >= 15 is 0 Å². The molecule has 1 aliphatic heterocycles.